The van der Waals surface area contributed by atoms with Crippen LogP contribution in [0.25, 0.3) is 11.1 Å². The van der Waals surface area contributed by atoms with E-state index >= 15 is 0 Å². The Bertz CT molecular complexity index is 1100. The van der Waals surface area contributed by atoms with Crippen LogP contribution in [-0.4, -0.2) is 71.4 Å². The number of fused-ring (bicyclic) bond motifs is 2. The van der Waals surface area contributed by atoms with E-state index in [0.29, 0.717) is 24.1 Å². The SMILES string of the molecule is CO[C@H](C)CN(CCCCc1ccc2c(n1)NCCC2)CC[C@H](Nc1nc2ccccc2o1)C(=O)O. The fourth-order valence-corrected chi connectivity index (χ4v) is 4.53. The molecule has 9 heteroatoms. The lowest BCUT2D eigenvalue weighted by Gasteiger charge is -2.26. The highest BCUT2D eigenvalue weighted by Gasteiger charge is 2.22. The molecule has 0 amide bonds. The molecule has 2 atom stereocenters. The van der Waals surface area contributed by atoms with Gasteiger partial charge in [0.2, 0.25) is 0 Å². The normalized spacial score (nSPS) is 14.9. The molecule has 3 N–H and O–H groups in total. The second-order valence-corrected chi connectivity index (χ2v) is 9.46. The highest BCUT2D eigenvalue weighted by Crippen LogP contribution is 2.21. The van der Waals surface area contributed by atoms with Crippen LogP contribution in [0.4, 0.5) is 11.8 Å². The number of hydrogen-bond acceptors (Lipinski definition) is 8. The standard InChI is InChI=1S/C27H37N5O4/c1-19(35-2)18-32(16-6-5-9-21-13-12-20-8-7-15-28-25(20)29-21)17-14-23(26(33)34)31-27-30-22-10-3-4-11-24(22)36-27/h3-4,10-13,19,23H,5-9,14-18H2,1-2H3,(H,28,29)(H,30,31)(H,33,34)/t19-,23+/m1/s1. The number of aryl methyl sites for hydroxylation is 2. The van der Waals surface area contributed by atoms with Crippen LogP contribution in [-0.2, 0) is 22.4 Å². The Morgan fingerprint density at radius 2 is 2.08 bits per heavy atom. The Balaban J connectivity index is 1.29. The number of carboxylic acids is 1. The molecule has 1 aliphatic heterocycles. The number of ether oxygens (including phenoxy) is 1. The van der Waals surface area contributed by atoms with E-state index in [1.54, 1.807) is 7.11 Å². The molecule has 0 fully saturated rings. The third-order valence-electron chi connectivity index (χ3n) is 6.65. The topological polar surface area (TPSA) is 113 Å². The summed E-state index contributed by atoms with van der Waals surface area (Å²) in [5.41, 5.74) is 3.75. The molecule has 0 saturated carbocycles. The van der Waals surface area contributed by atoms with E-state index in [0.717, 1.165) is 63.3 Å². The van der Waals surface area contributed by atoms with Crippen molar-refractivity contribution in [3.05, 3.63) is 47.7 Å². The molecule has 3 aromatic rings. The molecule has 194 valence electrons. The molecule has 4 rings (SSSR count). The maximum atomic E-state index is 11.9. The lowest BCUT2D eigenvalue weighted by Crippen LogP contribution is -2.38. The molecule has 36 heavy (non-hydrogen) atoms. The molecule has 3 heterocycles. The van der Waals surface area contributed by atoms with Crippen molar-refractivity contribution in [2.75, 3.05) is 43.9 Å². The average Bonchev–Trinajstić information content (AvgIpc) is 3.30. The predicted octanol–water partition coefficient (Wildman–Crippen LogP) is 4.20. The zero-order chi connectivity index (χ0) is 25.3. The monoisotopic (exact) mass is 495 g/mol. The lowest BCUT2D eigenvalue weighted by atomic mass is 10.1. The van der Waals surface area contributed by atoms with Gasteiger partial charge in [-0.1, -0.05) is 18.2 Å². The van der Waals surface area contributed by atoms with Gasteiger partial charge in [0.25, 0.3) is 6.01 Å². The number of methoxy groups -OCH3 is 1. The van der Waals surface area contributed by atoms with Crippen molar-refractivity contribution in [2.45, 2.75) is 57.6 Å². The molecule has 1 aromatic carbocycles. The van der Waals surface area contributed by atoms with E-state index in [1.807, 2.05) is 31.2 Å². The number of hydrogen-bond donors (Lipinski definition) is 3. The second kappa shape index (κ2) is 12.7. The Hall–Kier alpha value is -3.17. The highest BCUT2D eigenvalue weighted by molar-refractivity contribution is 5.78. The number of carboxylic acid groups (broad SMARTS) is 1. The van der Waals surface area contributed by atoms with Crippen LogP contribution in [0.3, 0.4) is 0 Å². The summed E-state index contributed by atoms with van der Waals surface area (Å²) in [5, 5.41) is 16.1. The smallest absolute Gasteiger partial charge is 0.326 e. The number of benzene rings is 1. The molecule has 2 aromatic heterocycles. The third-order valence-corrected chi connectivity index (χ3v) is 6.65. The molecule has 0 unspecified atom stereocenters. The second-order valence-electron chi connectivity index (χ2n) is 9.46. The third kappa shape index (κ3) is 7.18. The van der Waals surface area contributed by atoms with Gasteiger partial charge in [0.1, 0.15) is 17.4 Å². The molecule has 0 aliphatic carbocycles. The number of aliphatic carboxylic acids is 1. The van der Waals surface area contributed by atoms with Gasteiger partial charge in [-0.2, -0.15) is 4.98 Å². The Labute approximate surface area is 212 Å². The van der Waals surface area contributed by atoms with Gasteiger partial charge in [0.15, 0.2) is 5.58 Å². The van der Waals surface area contributed by atoms with Crippen molar-refractivity contribution >= 4 is 28.9 Å². The van der Waals surface area contributed by atoms with E-state index in [-0.39, 0.29) is 12.1 Å². The quantitative estimate of drug-likeness (QED) is 0.283. The van der Waals surface area contributed by atoms with Crippen LogP contribution in [0.5, 0.6) is 0 Å². The first-order chi connectivity index (χ1) is 17.5. The number of rotatable bonds is 14. The first-order valence-corrected chi connectivity index (χ1v) is 12.8. The fraction of sp³-hybridized carbons (Fsp3) is 0.519. The van der Waals surface area contributed by atoms with E-state index in [1.165, 1.54) is 5.56 Å². The van der Waals surface area contributed by atoms with Crippen molar-refractivity contribution in [3.8, 4) is 0 Å². The van der Waals surface area contributed by atoms with Crippen LogP contribution >= 0.6 is 0 Å². The van der Waals surface area contributed by atoms with Crippen LogP contribution in [0.2, 0.25) is 0 Å². The number of pyridine rings is 1. The highest BCUT2D eigenvalue weighted by atomic mass is 16.5. The van der Waals surface area contributed by atoms with Gasteiger partial charge in [-0.3, -0.25) is 0 Å². The fourth-order valence-electron chi connectivity index (χ4n) is 4.53. The minimum absolute atomic E-state index is 0.0617. The number of unbranched alkanes of at least 4 members (excludes halogenated alkanes) is 1. The van der Waals surface area contributed by atoms with Gasteiger partial charge < -0.3 is 29.8 Å². The number of aromatic nitrogens is 2. The molecule has 0 saturated heterocycles. The molecule has 0 bridgehead atoms. The maximum absolute atomic E-state index is 11.9. The molecular formula is C27H37N5O4. The summed E-state index contributed by atoms with van der Waals surface area (Å²) in [5.74, 6) is 0.115. The average molecular weight is 496 g/mol. The molecular weight excluding hydrogens is 458 g/mol. The predicted molar refractivity (Wildman–Crippen MR) is 141 cm³/mol. The van der Waals surface area contributed by atoms with Gasteiger partial charge in [-0.05, 0) is 75.8 Å². The molecule has 0 radical (unpaired) electrons. The Morgan fingerprint density at radius 1 is 1.22 bits per heavy atom. The lowest BCUT2D eigenvalue weighted by molar-refractivity contribution is -0.138. The van der Waals surface area contributed by atoms with Gasteiger partial charge in [0, 0.05) is 32.4 Å². The number of nitrogens with one attached hydrogen (secondary N) is 2. The summed E-state index contributed by atoms with van der Waals surface area (Å²) in [4.78, 5) is 23.4. The first-order valence-electron chi connectivity index (χ1n) is 12.8. The first kappa shape index (κ1) is 25.9. The Kier molecular flexibility index (Phi) is 9.13. The number of anilines is 2. The molecule has 0 spiro atoms. The van der Waals surface area contributed by atoms with Crippen LogP contribution in [0.15, 0.2) is 40.8 Å². The van der Waals surface area contributed by atoms with Crippen molar-refractivity contribution in [1.29, 1.82) is 0 Å². The van der Waals surface area contributed by atoms with E-state index in [4.69, 9.17) is 14.1 Å². The van der Waals surface area contributed by atoms with Crippen molar-refractivity contribution in [1.82, 2.24) is 14.9 Å². The van der Waals surface area contributed by atoms with E-state index in [2.05, 4.69) is 32.7 Å². The maximum Gasteiger partial charge on any atom is 0.326 e. The van der Waals surface area contributed by atoms with Gasteiger partial charge >= 0.3 is 5.97 Å². The van der Waals surface area contributed by atoms with Crippen LogP contribution in [0.1, 0.15) is 43.9 Å². The molecule has 9 nitrogen and oxygen atoms in total. The van der Waals surface area contributed by atoms with Crippen molar-refractivity contribution in [3.63, 3.8) is 0 Å². The summed E-state index contributed by atoms with van der Waals surface area (Å²) in [6.07, 6.45) is 5.69. The van der Waals surface area contributed by atoms with Gasteiger partial charge in [-0.15, -0.1) is 0 Å². The van der Waals surface area contributed by atoms with Gasteiger partial charge in [-0.25, -0.2) is 9.78 Å². The summed E-state index contributed by atoms with van der Waals surface area (Å²) in [7, 11) is 1.70. The van der Waals surface area contributed by atoms with Gasteiger partial charge in [0.05, 0.1) is 6.10 Å². The summed E-state index contributed by atoms with van der Waals surface area (Å²) in [6.45, 7) is 5.26. The summed E-state index contributed by atoms with van der Waals surface area (Å²) in [6, 6.07) is 11.2. The minimum Gasteiger partial charge on any atom is -0.480 e. The zero-order valence-corrected chi connectivity index (χ0v) is 21.2. The van der Waals surface area contributed by atoms with Crippen molar-refractivity contribution in [2.24, 2.45) is 0 Å². The number of para-hydroxylation sites is 2. The summed E-state index contributed by atoms with van der Waals surface area (Å²) < 4.78 is 11.1. The number of carbonyl (C=O) groups is 1. The van der Waals surface area contributed by atoms with Crippen molar-refractivity contribution < 1.29 is 19.1 Å². The number of oxazole rings is 1. The van der Waals surface area contributed by atoms with E-state index in [9.17, 15) is 9.90 Å². The summed E-state index contributed by atoms with van der Waals surface area (Å²) >= 11 is 0. The van der Waals surface area contributed by atoms with Crippen LogP contribution < -0.4 is 10.6 Å². The largest absolute Gasteiger partial charge is 0.480 e. The molecule has 1 aliphatic rings. The number of nitrogens with zero attached hydrogens (tertiary/aromatic N) is 3. The minimum atomic E-state index is -0.927. The Morgan fingerprint density at radius 3 is 2.89 bits per heavy atom. The van der Waals surface area contributed by atoms with Crippen LogP contribution in [0, 0.1) is 0 Å². The van der Waals surface area contributed by atoms with E-state index < -0.39 is 12.0 Å². The zero-order valence-electron chi connectivity index (χ0n) is 21.2.